The van der Waals surface area contributed by atoms with Crippen LogP contribution in [0.3, 0.4) is 0 Å². The van der Waals surface area contributed by atoms with Crippen molar-refractivity contribution in [1.29, 1.82) is 0 Å². The largest absolute Gasteiger partial charge is 0.327 e. The molecule has 2 N–H and O–H groups in total. The van der Waals surface area contributed by atoms with E-state index in [-0.39, 0.29) is 5.50 Å². The van der Waals surface area contributed by atoms with Gasteiger partial charge in [0.1, 0.15) is 5.50 Å². The SMILES string of the molecule is ClC1[C]=CNN1. The van der Waals surface area contributed by atoms with Gasteiger partial charge in [0, 0.05) is 12.3 Å². The van der Waals surface area contributed by atoms with E-state index in [1.807, 2.05) is 0 Å². The molecule has 6 heavy (non-hydrogen) atoms. The van der Waals surface area contributed by atoms with Gasteiger partial charge in [-0.1, -0.05) is 11.6 Å². The average molecular weight is 104 g/mol. The summed E-state index contributed by atoms with van der Waals surface area (Å²) in [4.78, 5) is 0. The molecule has 2 nitrogen and oxygen atoms in total. The zero-order chi connectivity index (χ0) is 4.41. The van der Waals surface area contributed by atoms with Crippen LogP contribution in [-0.4, -0.2) is 5.50 Å². The van der Waals surface area contributed by atoms with Crippen LogP contribution in [0.1, 0.15) is 0 Å². The number of hydrogen-bond donors (Lipinski definition) is 2. The Kier molecular flexibility index (Phi) is 0.986. The van der Waals surface area contributed by atoms with Gasteiger partial charge < -0.3 is 5.43 Å². The van der Waals surface area contributed by atoms with Crippen LogP contribution in [-0.2, 0) is 0 Å². The van der Waals surface area contributed by atoms with Crippen molar-refractivity contribution in [2.24, 2.45) is 0 Å². The van der Waals surface area contributed by atoms with Crippen molar-refractivity contribution in [3.05, 3.63) is 12.3 Å². The van der Waals surface area contributed by atoms with Crippen LogP contribution in [0.5, 0.6) is 0 Å². The molecule has 1 unspecified atom stereocenters. The highest BCUT2D eigenvalue weighted by Gasteiger charge is 1.99. The number of hydrogen-bond acceptors (Lipinski definition) is 2. The molecule has 1 atom stereocenters. The second kappa shape index (κ2) is 1.49. The number of nitrogens with one attached hydrogen (secondary N) is 2. The van der Waals surface area contributed by atoms with Gasteiger partial charge in [0.15, 0.2) is 0 Å². The quantitative estimate of drug-likeness (QED) is 0.333. The molecule has 1 radical (unpaired) electrons. The van der Waals surface area contributed by atoms with Gasteiger partial charge in [0.25, 0.3) is 0 Å². The summed E-state index contributed by atoms with van der Waals surface area (Å²) >= 11 is 5.40. The Morgan fingerprint density at radius 2 is 2.67 bits per heavy atom. The lowest BCUT2D eigenvalue weighted by molar-refractivity contribution is 0.690. The van der Waals surface area contributed by atoms with Crippen LogP contribution in [0, 0.1) is 6.08 Å². The Hall–Kier alpha value is -0.210. The number of rotatable bonds is 0. The summed E-state index contributed by atoms with van der Waals surface area (Å²) in [6.45, 7) is 0. The van der Waals surface area contributed by atoms with E-state index in [9.17, 15) is 0 Å². The van der Waals surface area contributed by atoms with Crippen LogP contribution in [0.25, 0.3) is 0 Å². The van der Waals surface area contributed by atoms with Gasteiger partial charge in [-0.05, 0) is 0 Å². The third-order valence-electron chi connectivity index (χ3n) is 0.512. The second-order valence-corrected chi connectivity index (χ2v) is 1.40. The minimum atomic E-state index is -0.148. The van der Waals surface area contributed by atoms with Crippen molar-refractivity contribution in [2.75, 3.05) is 0 Å². The van der Waals surface area contributed by atoms with Crippen molar-refractivity contribution in [3.63, 3.8) is 0 Å². The van der Waals surface area contributed by atoms with E-state index >= 15 is 0 Å². The topological polar surface area (TPSA) is 24.1 Å². The van der Waals surface area contributed by atoms with Crippen LogP contribution < -0.4 is 10.9 Å². The van der Waals surface area contributed by atoms with Gasteiger partial charge in [-0.2, -0.15) is 0 Å². The molecule has 0 saturated carbocycles. The number of halogens is 1. The number of hydrazine groups is 1. The van der Waals surface area contributed by atoms with E-state index in [0.717, 1.165) is 0 Å². The van der Waals surface area contributed by atoms with Crippen molar-refractivity contribution >= 4 is 11.6 Å². The predicted octanol–water partition coefficient (Wildman–Crippen LogP) is -0.0240. The lowest BCUT2D eigenvalue weighted by Gasteiger charge is -1.92. The lowest BCUT2D eigenvalue weighted by Crippen LogP contribution is -2.25. The average Bonchev–Trinajstić information content (AvgIpc) is 1.86. The molecule has 33 valence electrons. The highest BCUT2D eigenvalue weighted by molar-refractivity contribution is 6.21. The lowest BCUT2D eigenvalue weighted by atomic mass is 10.6. The summed E-state index contributed by atoms with van der Waals surface area (Å²) in [5.74, 6) is 0. The van der Waals surface area contributed by atoms with E-state index in [4.69, 9.17) is 11.6 Å². The fourth-order valence-electron chi connectivity index (χ4n) is 0.271. The number of alkyl halides is 1. The first-order valence-electron chi connectivity index (χ1n) is 1.62. The van der Waals surface area contributed by atoms with Crippen LogP contribution in [0.15, 0.2) is 6.20 Å². The first-order valence-corrected chi connectivity index (χ1v) is 2.06. The zero-order valence-electron chi connectivity index (χ0n) is 3.03. The summed E-state index contributed by atoms with van der Waals surface area (Å²) in [6, 6.07) is 0. The molecule has 0 aromatic carbocycles. The maximum Gasteiger partial charge on any atom is 0.127 e. The third-order valence-corrected chi connectivity index (χ3v) is 0.747. The van der Waals surface area contributed by atoms with Gasteiger partial charge in [-0.25, -0.2) is 5.43 Å². The normalized spacial score (nSPS) is 30.5. The molecule has 1 aliphatic heterocycles. The summed E-state index contributed by atoms with van der Waals surface area (Å²) < 4.78 is 0. The fraction of sp³-hybridized carbons (Fsp3) is 0.333. The maximum atomic E-state index is 5.40. The summed E-state index contributed by atoms with van der Waals surface area (Å²) in [5.41, 5.74) is 5.17. The smallest absolute Gasteiger partial charge is 0.127 e. The molecule has 1 heterocycles. The fourth-order valence-corrected chi connectivity index (χ4v) is 0.397. The molecule has 1 rings (SSSR count). The van der Waals surface area contributed by atoms with E-state index in [1.165, 1.54) is 0 Å². The van der Waals surface area contributed by atoms with Crippen LogP contribution >= 0.6 is 11.6 Å². The summed E-state index contributed by atoms with van der Waals surface area (Å²) in [6.07, 6.45) is 4.37. The molecule has 0 saturated heterocycles. The molecular weight excluding hydrogens is 99.5 g/mol. The van der Waals surface area contributed by atoms with Crippen molar-refractivity contribution < 1.29 is 0 Å². The molecule has 3 heteroatoms. The van der Waals surface area contributed by atoms with E-state index in [0.29, 0.717) is 0 Å². The Labute approximate surface area is 41.1 Å². The molecule has 0 aromatic heterocycles. The molecule has 0 fully saturated rings. The first kappa shape index (κ1) is 3.96. The van der Waals surface area contributed by atoms with Crippen LogP contribution in [0.2, 0.25) is 0 Å². The zero-order valence-corrected chi connectivity index (χ0v) is 3.79. The summed E-state index contributed by atoms with van der Waals surface area (Å²) in [7, 11) is 0. The van der Waals surface area contributed by atoms with Crippen LogP contribution in [0.4, 0.5) is 0 Å². The third kappa shape index (κ3) is 0.640. The van der Waals surface area contributed by atoms with Crippen molar-refractivity contribution in [3.8, 4) is 0 Å². The molecule has 0 bridgehead atoms. The van der Waals surface area contributed by atoms with Crippen molar-refractivity contribution in [1.82, 2.24) is 10.9 Å². The monoisotopic (exact) mass is 103 g/mol. The minimum absolute atomic E-state index is 0.148. The maximum absolute atomic E-state index is 5.40. The molecular formula is C3H4ClN2. The minimum Gasteiger partial charge on any atom is -0.327 e. The van der Waals surface area contributed by atoms with Gasteiger partial charge in [0.05, 0.1) is 0 Å². The van der Waals surface area contributed by atoms with Gasteiger partial charge in [-0.3, -0.25) is 0 Å². The molecule has 1 aliphatic rings. The van der Waals surface area contributed by atoms with Crippen molar-refractivity contribution in [2.45, 2.75) is 5.50 Å². The van der Waals surface area contributed by atoms with E-state index < -0.39 is 0 Å². The highest BCUT2D eigenvalue weighted by Crippen LogP contribution is 1.91. The second-order valence-electron chi connectivity index (χ2n) is 0.962. The standard InChI is InChI=1S/C3H4ClN2/c4-3-1-2-5-6-3/h2-3,5-6H. The predicted molar refractivity (Wildman–Crippen MR) is 23.7 cm³/mol. The highest BCUT2D eigenvalue weighted by atomic mass is 35.5. The molecule has 0 amide bonds. The van der Waals surface area contributed by atoms with Gasteiger partial charge in [0.2, 0.25) is 0 Å². The van der Waals surface area contributed by atoms with E-state index in [1.54, 1.807) is 6.20 Å². The first-order chi connectivity index (χ1) is 2.89. The Morgan fingerprint density at radius 3 is 2.83 bits per heavy atom. The van der Waals surface area contributed by atoms with Gasteiger partial charge in [-0.15, -0.1) is 0 Å². The Balaban J connectivity index is 2.38. The molecule has 0 aliphatic carbocycles. The van der Waals surface area contributed by atoms with Gasteiger partial charge >= 0.3 is 0 Å². The molecule has 0 aromatic rings. The Bertz CT molecular complexity index is 71.2. The Morgan fingerprint density at radius 1 is 1.83 bits per heavy atom. The van der Waals surface area contributed by atoms with E-state index in [2.05, 4.69) is 16.9 Å². The molecule has 0 spiro atoms. The summed E-state index contributed by atoms with van der Waals surface area (Å²) in [5, 5.41) is 0.